The molecule has 0 saturated heterocycles. The Kier molecular flexibility index (Phi) is 4.96. The van der Waals surface area contributed by atoms with Crippen molar-refractivity contribution in [1.29, 1.82) is 0 Å². The van der Waals surface area contributed by atoms with E-state index in [1.54, 1.807) is 37.3 Å². The maximum atomic E-state index is 12.2. The first-order valence-electron chi connectivity index (χ1n) is 5.28. The first kappa shape index (κ1) is 14.0. The summed E-state index contributed by atoms with van der Waals surface area (Å²) in [5.74, 6) is -0.0671. The molecule has 0 aromatic heterocycles. The van der Waals surface area contributed by atoms with E-state index in [0.717, 1.165) is 4.47 Å². The van der Waals surface area contributed by atoms with E-state index in [4.69, 9.17) is 10.5 Å². The van der Waals surface area contributed by atoms with Crippen molar-refractivity contribution in [2.24, 2.45) is 0 Å². The number of ether oxygens (including phenoxy) is 1. The molecule has 94 valence electrons. The number of nitrogens with zero attached hydrogens (tertiary/aromatic N) is 1. The number of methoxy groups -OCH3 is 1. The minimum absolute atomic E-state index is 0.0210. The Balaban J connectivity index is 2.88. The Morgan fingerprint density at radius 2 is 2.18 bits per heavy atom. The number of carbonyl (C=O) groups is 1. The van der Waals surface area contributed by atoms with Crippen molar-refractivity contribution in [1.82, 2.24) is 4.90 Å². The number of benzene rings is 1. The van der Waals surface area contributed by atoms with Crippen LogP contribution < -0.4 is 5.73 Å². The minimum atomic E-state index is -0.0671. The van der Waals surface area contributed by atoms with Crippen molar-refractivity contribution in [3.8, 4) is 0 Å². The second-order valence-electron chi connectivity index (χ2n) is 3.99. The van der Waals surface area contributed by atoms with Crippen LogP contribution in [0.1, 0.15) is 17.3 Å². The standard InChI is InChI=1S/C12H17BrN2O2/c1-8(7-17-3)15(2)12(16)9-4-10(13)6-11(14)5-9/h4-6,8H,7,14H2,1-3H3. The summed E-state index contributed by atoms with van der Waals surface area (Å²) in [4.78, 5) is 13.8. The van der Waals surface area contributed by atoms with Crippen LogP contribution in [0.4, 0.5) is 5.69 Å². The fourth-order valence-corrected chi connectivity index (χ4v) is 2.00. The second kappa shape index (κ2) is 6.02. The molecule has 0 aliphatic rings. The zero-order valence-electron chi connectivity index (χ0n) is 10.2. The molecule has 1 atom stereocenters. The van der Waals surface area contributed by atoms with Crippen LogP contribution in [-0.2, 0) is 4.74 Å². The van der Waals surface area contributed by atoms with Crippen molar-refractivity contribution in [3.05, 3.63) is 28.2 Å². The number of likely N-dealkylation sites (N-methyl/N-ethyl adjacent to an activating group) is 1. The molecule has 0 spiro atoms. The van der Waals surface area contributed by atoms with Crippen molar-refractivity contribution in [2.45, 2.75) is 13.0 Å². The van der Waals surface area contributed by atoms with Crippen LogP contribution in [0.3, 0.4) is 0 Å². The van der Waals surface area contributed by atoms with E-state index in [9.17, 15) is 4.79 Å². The molecule has 1 aromatic rings. The average Bonchev–Trinajstić information content (AvgIpc) is 2.26. The molecule has 0 fully saturated rings. The van der Waals surface area contributed by atoms with Gasteiger partial charge in [-0.1, -0.05) is 15.9 Å². The van der Waals surface area contributed by atoms with Crippen LogP contribution in [0.2, 0.25) is 0 Å². The van der Waals surface area contributed by atoms with Crippen molar-refractivity contribution in [2.75, 3.05) is 26.5 Å². The van der Waals surface area contributed by atoms with Gasteiger partial charge in [-0.25, -0.2) is 0 Å². The van der Waals surface area contributed by atoms with Gasteiger partial charge in [0.1, 0.15) is 0 Å². The van der Waals surface area contributed by atoms with Gasteiger partial charge >= 0.3 is 0 Å². The number of amides is 1. The molecule has 0 radical (unpaired) electrons. The number of carbonyl (C=O) groups excluding carboxylic acids is 1. The van der Waals surface area contributed by atoms with Crippen LogP contribution in [0.15, 0.2) is 22.7 Å². The fourth-order valence-electron chi connectivity index (χ4n) is 1.49. The van der Waals surface area contributed by atoms with Gasteiger partial charge in [-0.15, -0.1) is 0 Å². The SMILES string of the molecule is COCC(C)N(C)C(=O)c1cc(N)cc(Br)c1. The zero-order chi connectivity index (χ0) is 13.0. The summed E-state index contributed by atoms with van der Waals surface area (Å²) in [6, 6.07) is 5.21. The Bertz CT molecular complexity index is 389. The van der Waals surface area contributed by atoms with Crippen LogP contribution in [0.5, 0.6) is 0 Å². The van der Waals surface area contributed by atoms with E-state index < -0.39 is 0 Å². The number of nitrogens with two attached hydrogens (primary N) is 1. The van der Waals surface area contributed by atoms with Crippen LogP contribution in [0, 0.1) is 0 Å². The summed E-state index contributed by atoms with van der Waals surface area (Å²) < 4.78 is 5.83. The molecule has 0 saturated carbocycles. The maximum Gasteiger partial charge on any atom is 0.254 e. The predicted octanol–water partition coefficient (Wildman–Crippen LogP) is 2.14. The van der Waals surface area contributed by atoms with E-state index in [1.807, 2.05) is 6.92 Å². The molecule has 5 heteroatoms. The van der Waals surface area contributed by atoms with Crippen LogP contribution in [-0.4, -0.2) is 37.6 Å². The first-order chi connectivity index (χ1) is 7.95. The van der Waals surface area contributed by atoms with Crippen LogP contribution >= 0.6 is 15.9 Å². The van der Waals surface area contributed by atoms with Gasteiger partial charge in [0, 0.05) is 29.9 Å². The quantitative estimate of drug-likeness (QED) is 0.867. The van der Waals surface area contributed by atoms with Crippen LogP contribution in [0.25, 0.3) is 0 Å². The fraction of sp³-hybridized carbons (Fsp3) is 0.417. The maximum absolute atomic E-state index is 12.2. The number of nitrogen functional groups attached to an aromatic ring is 1. The van der Waals surface area contributed by atoms with Gasteiger partial charge in [0.15, 0.2) is 0 Å². The third kappa shape index (κ3) is 3.71. The molecule has 0 aliphatic heterocycles. The van der Waals surface area contributed by atoms with E-state index in [2.05, 4.69) is 15.9 Å². The molecule has 0 bridgehead atoms. The first-order valence-corrected chi connectivity index (χ1v) is 6.07. The van der Waals surface area contributed by atoms with E-state index in [0.29, 0.717) is 17.9 Å². The third-order valence-electron chi connectivity index (χ3n) is 2.56. The highest BCUT2D eigenvalue weighted by molar-refractivity contribution is 9.10. The monoisotopic (exact) mass is 300 g/mol. The second-order valence-corrected chi connectivity index (χ2v) is 4.91. The Hall–Kier alpha value is -1.07. The topological polar surface area (TPSA) is 55.6 Å². The number of halogens is 1. The molecule has 0 aliphatic carbocycles. The van der Waals surface area contributed by atoms with Gasteiger partial charge < -0.3 is 15.4 Å². The smallest absolute Gasteiger partial charge is 0.254 e. The van der Waals surface area contributed by atoms with E-state index >= 15 is 0 Å². The zero-order valence-corrected chi connectivity index (χ0v) is 11.8. The summed E-state index contributed by atoms with van der Waals surface area (Å²) in [6.07, 6.45) is 0. The lowest BCUT2D eigenvalue weighted by molar-refractivity contribution is 0.0633. The van der Waals surface area contributed by atoms with E-state index in [1.165, 1.54) is 0 Å². The van der Waals surface area contributed by atoms with Gasteiger partial charge in [-0.3, -0.25) is 4.79 Å². The summed E-state index contributed by atoms with van der Waals surface area (Å²) in [5.41, 5.74) is 6.84. The molecule has 1 rings (SSSR count). The van der Waals surface area contributed by atoms with Gasteiger partial charge in [-0.05, 0) is 25.1 Å². The molecule has 1 unspecified atom stereocenters. The molecular formula is C12H17BrN2O2. The van der Waals surface area contributed by atoms with Gasteiger partial charge in [0.25, 0.3) is 5.91 Å². The highest BCUT2D eigenvalue weighted by Gasteiger charge is 2.17. The number of rotatable bonds is 4. The van der Waals surface area contributed by atoms with Gasteiger partial charge in [0.2, 0.25) is 0 Å². The summed E-state index contributed by atoms with van der Waals surface area (Å²) in [5, 5.41) is 0. The summed E-state index contributed by atoms with van der Waals surface area (Å²) in [7, 11) is 3.37. The van der Waals surface area contributed by atoms with Crippen molar-refractivity contribution < 1.29 is 9.53 Å². The average molecular weight is 301 g/mol. The molecule has 1 amide bonds. The lowest BCUT2D eigenvalue weighted by Crippen LogP contribution is -2.37. The van der Waals surface area contributed by atoms with Crippen molar-refractivity contribution in [3.63, 3.8) is 0 Å². The third-order valence-corrected chi connectivity index (χ3v) is 3.01. The number of anilines is 1. The van der Waals surface area contributed by atoms with Crippen molar-refractivity contribution >= 4 is 27.5 Å². The molecule has 17 heavy (non-hydrogen) atoms. The number of hydrogen-bond donors (Lipinski definition) is 1. The van der Waals surface area contributed by atoms with E-state index in [-0.39, 0.29) is 11.9 Å². The largest absolute Gasteiger partial charge is 0.399 e. The molecule has 1 aromatic carbocycles. The predicted molar refractivity (Wildman–Crippen MR) is 72.0 cm³/mol. The molecular weight excluding hydrogens is 284 g/mol. The molecule has 2 N–H and O–H groups in total. The normalized spacial score (nSPS) is 12.2. The lowest BCUT2D eigenvalue weighted by Gasteiger charge is -2.24. The highest BCUT2D eigenvalue weighted by Crippen LogP contribution is 2.18. The van der Waals surface area contributed by atoms with Gasteiger partial charge in [0.05, 0.1) is 12.6 Å². The Morgan fingerprint density at radius 3 is 2.71 bits per heavy atom. The lowest BCUT2D eigenvalue weighted by atomic mass is 10.1. The molecule has 0 heterocycles. The summed E-state index contributed by atoms with van der Waals surface area (Å²) >= 11 is 3.32. The summed E-state index contributed by atoms with van der Waals surface area (Å²) in [6.45, 7) is 2.44. The minimum Gasteiger partial charge on any atom is -0.399 e. The Morgan fingerprint density at radius 1 is 1.53 bits per heavy atom. The molecule has 4 nitrogen and oxygen atoms in total. The van der Waals surface area contributed by atoms with Gasteiger partial charge in [-0.2, -0.15) is 0 Å². The highest BCUT2D eigenvalue weighted by atomic mass is 79.9. The Labute approximate surface area is 110 Å². The number of hydrogen-bond acceptors (Lipinski definition) is 3.